The van der Waals surface area contributed by atoms with Gasteiger partial charge in [-0.15, -0.1) is 0 Å². The van der Waals surface area contributed by atoms with Gasteiger partial charge >= 0.3 is 5.97 Å². The van der Waals surface area contributed by atoms with E-state index in [1.165, 1.54) is 32.1 Å². The summed E-state index contributed by atoms with van der Waals surface area (Å²) in [7, 11) is 0. The lowest BCUT2D eigenvalue weighted by Gasteiger charge is -2.34. The highest BCUT2D eigenvalue weighted by atomic mass is 16.4. The molecule has 0 heterocycles. The Bertz CT molecular complexity index is 546. The third kappa shape index (κ3) is 5.45. The number of rotatable bonds is 7. The van der Waals surface area contributed by atoms with Crippen LogP contribution in [0, 0.1) is 11.8 Å². The lowest BCUT2D eigenvalue weighted by Crippen LogP contribution is -2.49. The molecule has 1 atom stereocenters. The highest BCUT2D eigenvalue weighted by molar-refractivity contribution is 5.85. The number of aliphatic carboxylic acids is 1. The molecule has 0 aromatic heterocycles. The summed E-state index contributed by atoms with van der Waals surface area (Å²) in [5.74, 6) is -0.325. The zero-order chi connectivity index (χ0) is 19.4. The van der Waals surface area contributed by atoms with Crippen LogP contribution in [0.25, 0.3) is 0 Å². The Balaban J connectivity index is 1.44. The van der Waals surface area contributed by atoms with E-state index in [0.717, 1.165) is 38.5 Å². The van der Waals surface area contributed by atoms with Crippen molar-refractivity contribution in [3.63, 3.8) is 0 Å². The first-order valence-corrected chi connectivity index (χ1v) is 10.8. The average molecular weight is 379 g/mol. The molecular weight excluding hydrogens is 344 g/mol. The monoisotopic (exact) mass is 378 g/mol. The minimum Gasteiger partial charge on any atom is -0.480 e. The van der Waals surface area contributed by atoms with E-state index in [0.29, 0.717) is 12.3 Å². The lowest BCUT2D eigenvalue weighted by molar-refractivity contribution is -0.152. The van der Waals surface area contributed by atoms with Gasteiger partial charge in [-0.3, -0.25) is 9.59 Å². The molecule has 27 heavy (non-hydrogen) atoms. The smallest absolute Gasteiger partial charge is 0.326 e. The van der Waals surface area contributed by atoms with Crippen molar-refractivity contribution in [2.75, 3.05) is 0 Å². The molecule has 0 radical (unpaired) electrons. The van der Waals surface area contributed by atoms with Crippen LogP contribution in [0.5, 0.6) is 0 Å². The zero-order valence-corrected chi connectivity index (χ0v) is 16.5. The summed E-state index contributed by atoms with van der Waals surface area (Å²) in [4.78, 5) is 38.2. The molecule has 3 saturated carbocycles. The van der Waals surface area contributed by atoms with E-state index in [2.05, 4.69) is 5.32 Å². The first-order chi connectivity index (χ1) is 13.0. The molecular formula is C21H34N2O4. The number of nitrogens with zero attached hydrogens (tertiary/aromatic N) is 1. The van der Waals surface area contributed by atoms with Crippen LogP contribution < -0.4 is 5.32 Å². The molecule has 2 amide bonds. The third-order valence-electron chi connectivity index (χ3n) is 6.61. The number of hydrogen-bond acceptors (Lipinski definition) is 3. The molecule has 3 fully saturated rings. The van der Waals surface area contributed by atoms with Crippen LogP contribution in [0.2, 0.25) is 0 Å². The topological polar surface area (TPSA) is 86.7 Å². The van der Waals surface area contributed by atoms with Gasteiger partial charge in [-0.05, 0) is 64.2 Å². The molecule has 0 bridgehead atoms. The fourth-order valence-corrected chi connectivity index (χ4v) is 4.79. The minimum absolute atomic E-state index is 0.000572. The van der Waals surface area contributed by atoms with E-state index in [4.69, 9.17) is 0 Å². The van der Waals surface area contributed by atoms with E-state index in [-0.39, 0.29) is 29.8 Å². The van der Waals surface area contributed by atoms with E-state index >= 15 is 0 Å². The van der Waals surface area contributed by atoms with Crippen molar-refractivity contribution in [2.24, 2.45) is 11.8 Å². The average Bonchev–Trinajstić information content (AvgIpc) is 3.48. The van der Waals surface area contributed by atoms with Crippen LogP contribution >= 0.6 is 0 Å². The SMILES string of the molecule is CC(C(=O)O)N(C(=O)C1CCC(NC(=O)CC2CCCCC2)CC1)C1CC1. The Morgan fingerprint density at radius 3 is 2.15 bits per heavy atom. The van der Waals surface area contributed by atoms with Gasteiger partial charge in [-0.2, -0.15) is 0 Å². The summed E-state index contributed by atoms with van der Waals surface area (Å²) in [6, 6.07) is -0.481. The predicted molar refractivity (Wildman–Crippen MR) is 102 cm³/mol. The highest BCUT2D eigenvalue weighted by Gasteiger charge is 2.41. The number of carboxylic acids is 1. The Labute approximate surface area is 162 Å². The Morgan fingerprint density at radius 2 is 1.59 bits per heavy atom. The summed E-state index contributed by atoms with van der Waals surface area (Å²) in [5, 5.41) is 12.5. The first-order valence-electron chi connectivity index (χ1n) is 10.8. The zero-order valence-electron chi connectivity index (χ0n) is 16.5. The Morgan fingerprint density at radius 1 is 0.963 bits per heavy atom. The summed E-state index contributed by atoms with van der Waals surface area (Å²) < 4.78 is 0. The molecule has 0 aromatic rings. The summed E-state index contributed by atoms with van der Waals surface area (Å²) in [5.41, 5.74) is 0. The molecule has 152 valence electrons. The fourth-order valence-electron chi connectivity index (χ4n) is 4.79. The number of carbonyl (C=O) groups excluding carboxylic acids is 2. The van der Waals surface area contributed by atoms with Crippen LogP contribution in [0.3, 0.4) is 0 Å². The molecule has 6 heteroatoms. The first kappa shape index (κ1) is 20.2. The maximum atomic E-state index is 12.9. The lowest BCUT2D eigenvalue weighted by atomic mass is 9.84. The van der Waals surface area contributed by atoms with Crippen LogP contribution in [0.4, 0.5) is 0 Å². The number of amides is 2. The van der Waals surface area contributed by atoms with Crippen LogP contribution in [-0.4, -0.2) is 45.9 Å². The van der Waals surface area contributed by atoms with Gasteiger partial charge in [0.05, 0.1) is 0 Å². The van der Waals surface area contributed by atoms with Gasteiger partial charge in [0.1, 0.15) is 6.04 Å². The van der Waals surface area contributed by atoms with Crippen LogP contribution in [0.15, 0.2) is 0 Å². The molecule has 0 aliphatic heterocycles. The van der Waals surface area contributed by atoms with Gasteiger partial charge in [0.25, 0.3) is 0 Å². The Hall–Kier alpha value is -1.59. The second-order valence-electron chi connectivity index (χ2n) is 8.82. The summed E-state index contributed by atoms with van der Waals surface area (Å²) in [6.07, 6.45) is 11.7. The minimum atomic E-state index is -0.932. The van der Waals surface area contributed by atoms with Gasteiger partial charge in [0.2, 0.25) is 11.8 Å². The van der Waals surface area contributed by atoms with Crippen molar-refractivity contribution in [3.05, 3.63) is 0 Å². The predicted octanol–water partition coefficient (Wildman–Crippen LogP) is 3.10. The molecule has 3 aliphatic carbocycles. The molecule has 3 rings (SSSR count). The van der Waals surface area contributed by atoms with E-state index in [1.807, 2.05) is 0 Å². The fraction of sp³-hybridized carbons (Fsp3) is 0.857. The molecule has 6 nitrogen and oxygen atoms in total. The highest BCUT2D eigenvalue weighted by Crippen LogP contribution is 2.34. The summed E-state index contributed by atoms with van der Waals surface area (Å²) in [6.45, 7) is 1.61. The number of carboxylic acid groups (broad SMARTS) is 1. The standard InChI is InChI=1S/C21H34N2O4/c1-14(21(26)27)23(18-11-12-18)20(25)16-7-9-17(10-8-16)22-19(24)13-15-5-3-2-4-6-15/h14-18H,2-13H2,1H3,(H,22,24)(H,26,27). The van der Waals surface area contributed by atoms with Crippen molar-refractivity contribution >= 4 is 17.8 Å². The van der Waals surface area contributed by atoms with Crippen molar-refractivity contribution in [3.8, 4) is 0 Å². The van der Waals surface area contributed by atoms with Crippen LogP contribution in [0.1, 0.15) is 84.0 Å². The number of nitrogens with one attached hydrogen (secondary N) is 1. The van der Waals surface area contributed by atoms with Crippen molar-refractivity contribution in [1.82, 2.24) is 10.2 Å². The maximum absolute atomic E-state index is 12.9. The second kappa shape index (κ2) is 9.07. The maximum Gasteiger partial charge on any atom is 0.326 e. The largest absolute Gasteiger partial charge is 0.480 e. The van der Waals surface area contributed by atoms with E-state index in [1.54, 1.807) is 11.8 Å². The number of hydrogen-bond donors (Lipinski definition) is 2. The molecule has 2 N–H and O–H groups in total. The van der Waals surface area contributed by atoms with Crippen molar-refractivity contribution in [1.29, 1.82) is 0 Å². The molecule has 0 spiro atoms. The summed E-state index contributed by atoms with van der Waals surface area (Å²) >= 11 is 0. The van der Waals surface area contributed by atoms with Gasteiger partial charge in [-0.25, -0.2) is 4.79 Å². The molecule has 3 aliphatic rings. The van der Waals surface area contributed by atoms with Gasteiger partial charge in [0.15, 0.2) is 0 Å². The van der Waals surface area contributed by atoms with Gasteiger partial charge < -0.3 is 15.3 Å². The van der Waals surface area contributed by atoms with E-state index < -0.39 is 12.0 Å². The molecule has 0 saturated heterocycles. The van der Waals surface area contributed by atoms with Crippen molar-refractivity contribution < 1.29 is 19.5 Å². The van der Waals surface area contributed by atoms with Gasteiger partial charge in [0, 0.05) is 24.4 Å². The number of carbonyl (C=O) groups is 3. The third-order valence-corrected chi connectivity index (χ3v) is 6.61. The Kier molecular flexibility index (Phi) is 6.77. The molecule has 1 unspecified atom stereocenters. The van der Waals surface area contributed by atoms with E-state index in [9.17, 15) is 19.5 Å². The quantitative estimate of drug-likeness (QED) is 0.713. The second-order valence-corrected chi connectivity index (χ2v) is 8.82. The van der Waals surface area contributed by atoms with Crippen LogP contribution in [-0.2, 0) is 14.4 Å². The van der Waals surface area contributed by atoms with Gasteiger partial charge in [-0.1, -0.05) is 19.3 Å². The normalized spacial score (nSPS) is 27.6. The van der Waals surface area contributed by atoms with Crippen molar-refractivity contribution in [2.45, 2.75) is 102 Å². The molecule has 0 aromatic carbocycles.